The number of hydrogen-bond acceptors (Lipinski definition) is 4. The second-order valence-corrected chi connectivity index (χ2v) is 7.60. The lowest BCUT2D eigenvalue weighted by Gasteiger charge is -2.32. The summed E-state index contributed by atoms with van der Waals surface area (Å²) in [4.78, 5) is 4.22. The van der Waals surface area contributed by atoms with E-state index in [1.165, 1.54) is 11.8 Å². The summed E-state index contributed by atoms with van der Waals surface area (Å²) in [5, 5.41) is 3.57. The molecule has 112 valence electrons. The Morgan fingerprint density at radius 3 is 2.55 bits per heavy atom. The van der Waals surface area contributed by atoms with Crippen molar-refractivity contribution in [2.24, 2.45) is 0 Å². The van der Waals surface area contributed by atoms with Crippen LogP contribution < -0.4 is 5.32 Å². The van der Waals surface area contributed by atoms with Gasteiger partial charge in [0.1, 0.15) is 0 Å². The molecule has 20 heavy (non-hydrogen) atoms. The number of hydrogen-bond donors (Lipinski definition) is 1. The van der Waals surface area contributed by atoms with Crippen molar-refractivity contribution < 1.29 is 8.42 Å². The Bertz CT molecular complexity index is 551. The van der Waals surface area contributed by atoms with Gasteiger partial charge >= 0.3 is 0 Å². The Morgan fingerprint density at radius 1 is 1.35 bits per heavy atom. The van der Waals surface area contributed by atoms with Gasteiger partial charge in [-0.15, -0.1) is 0 Å². The molecule has 1 atom stereocenters. The summed E-state index contributed by atoms with van der Waals surface area (Å²) < 4.78 is 24.5. The highest BCUT2D eigenvalue weighted by Gasteiger charge is 2.25. The van der Waals surface area contributed by atoms with E-state index in [0.29, 0.717) is 19.1 Å². The van der Waals surface area contributed by atoms with E-state index < -0.39 is 10.0 Å². The van der Waals surface area contributed by atoms with Gasteiger partial charge in [-0.1, -0.05) is 6.07 Å². The zero-order chi connectivity index (χ0) is 14.8. The van der Waals surface area contributed by atoms with Crippen LogP contribution in [0.15, 0.2) is 18.5 Å². The summed E-state index contributed by atoms with van der Waals surface area (Å²) in [6, 6.07) is 2.73. The molecule has 0 amide bonds. The van der Waals surface area contributed by atoms with Crippen LogP contribution in [-0.4, -0.2) is 43.1 Å². The monoisotopic (exact) mass is 297 g/mol. The van der Waals surface area contributed by atoms with Crippen LogP contribution in [0.3, 0.4) is 0 Å². The second-order valence-electron chi connectivity index (χ2n) is 5.62. The van der Waals surface area contributed by atoms with Crippen molar-refractivity contribution in [3.05, 3.63) is 29.6 Å². The number of nitrogens with one attached hydrogen (secondary N) is 1. The van der Waals surface area contributed by atoms with E-state index in [0.717, 1.165) is 18.4 Å². The van der Waals surface area contributed by atoms with Crippen LogP contribution in [0.25, 0.3) is 0 Å². The SMILES string of the molecule is Cc1cncc(C(C)NC2CCN(S(C)(=O)=O)CC2)c1. The van der Waals surface area contributed by atoms with Gasteiger partial charge in [-0.05, 0) is 37.8 Å². The molecule has 1 unspecified atom stereocenters. The molecule has 2 rings (SSSR count). The number of aryl methyl sites for hydroxylation is 1. The van der Waals surface area contributed by atoms with Gasteiger partial charge in [0.2, 0.25) is 10.0 Å². The normalized spacial score (nSPS) is 19.9. The number of pyridine rings is 1. The molecule has 1 aliphatic heterocycles. The van der Waals surface area contributed by atoms with Gasteiger partial charge in [0.05, 0.1) is 6.26 Å². The first-order valence-electron chi connectivity index (χ1n) is 6.99. The third-order valence-corrected chi connectivity index (χ3v) is 5.11. The first-order chi connectivity index (χ1) is 9.36. The van der Waals surface area contributed by atoms with Crippen LogP contribution >= 0.6 is 0 Å². The molecule has 0 saturated carbocycles. The van der Waals surface area contributed by atoms with Crippen LogP contribution in [0.4, 0.5) is 0 Å². The van der Waals surface area contributed by atoms with Crippen LogP contribution in [0.1, 0.15) is 36.9 Å². The highest BCUT2D eigenvalue weighted by Crippen LogP contribution is 2.18. The van der Waals surface area contributed by atoms with E-state index in [1.54, 1.807) is 4.31 Å². The Morgan fingerprint density at radius 2 is 2.00 bits per heavy atom. The maximum Gasteiger partial charge on any atom is 0.211 e. The highest BCUT2D eigenvalue weighted by atomic mass is 32.2. The molecular weight excluding hydrogens is 274 g/mol. The maximum absolute atomic E-state index is 11.5. The van der Waals surface area contributed by atoms with E-state index >= 15 is 0 Å². The van der Waals surface area contributed by atoms with Crippen molar-refractivity contribution in [2.75, 3.05) is 19.3 Å². The fourth-order valence-corrected chi connectivity index (χ4v) is 3.49. The van der Waals surface area contributed by atoms with Crippen molar-refractivity contribution >= 4 is 10.0 Å². The highest BCUT2D eigenvalue weighted by molar-refractivity contribution is 7.88. The van der Waals surface area contributed by atoms with Gasteiger partial charge < -0.3 is 5.32 Å². The van der Waals surface area contributed by atoms with Gasteiger partial charge in [0.15, 0.2) is 0 Å². The zero-order valence-corrected chi connectivity index (χ0v) is 13.2. The summed E-state index contributed by atoms with van der Waals surface area (Å²) in [5.74, 6) is 0. The number of aromatic nitrogens is 1. The third kappa shape index (κ3) is 4.01. The van der Waals surface area contributed by atoms with E-state index in [4.69, 9.17) is 0 Å². The van der Waals surface area contributed by atoms with Gasteiger partial charge in [0.25, 0.3) is 0 Å². The topological polar surface area (TPSA) is 62.3 Å². The molecule has 0 bridgehead atoms. The number of nitrogens with zero attached hydrogens (tertiary/aromatic N) is 2. The summed E-state index contributed by atoms with van der Waals surface area (Å²) in [7, 11) is -3.04. The van der Waals surface area contributed by atoms with Gasteiger partial charge in [-0.2, -0.15) is 0 Å². The van der Waals surface area contributed by atoms with E-state index in [2.05, 4.69) is 23.3 Å². The van der Waals surface area contributed by atoms with Crippen LogP contribution in [-0.2, 0) is 10.0 Å². The fraction of sp³-hybridized carbons (Fsp3) is 0.643. The Kier molecular flexibility index (Phi) is 4.78. The Balaban J connectivity index is 1.89. The lowest BCUT2D eigenvalue weighted by Crippen LogP contribution is -2.45. The molecule has 6 heteroatoms. The minimum absolute atomic E-state index is 0.234. The smallest absolute Gasteiger partial charge is 0.211 e. The summed E-state index contributed by atoms with van der Waals surface area (Å²) >= 11 is 0. The number of rotatable bonds is 4. The van der Waals surface area contributed by atoms with Gasteiger partial charge in [-0.25, -0.2) is 12.7 Å². The van der Waals surface area contributed by atoms with Crippen molar-refractivity contribution in [3.63, 3.8) is 0 Å². The maximum atomic E-state index is 11.5. The van der Waals surface area contributed by atoms with Crippen LogP contribution in [0.2, 0.25) is 0 Å². The first-order valence-corrected chi connectivity index (χ1v) is 8.84. The van der Waals surface area contributed by atoms with Crippen molar-refractivity contribution in [1.82, 2.24) is 14.6 Å². The molecule has 0 spiro atoms. The average Bonchev–Trinajstić information content (AvgIpc) is 2.38. The molecule has 0 aliphatic carbocycles. The molecule has 1 saturated heterocycles. The van der Waals surface area contributed by atoms with Gasteiger partial charge in [-0.3, -0.25) is 4.98 Å². The molecule has 0 radical (unpaired) electrons. The lowest BCUT2D eigenvalue weighted by atomic mass is 10.0. The lowest BCUT2D eigenvalue weighted by molar-refractivity contribution is 0.278. The summed E-state index contributed by atoms with van der Waals surface area (Å²) in [6.45, 7) is 5.37. The standard InChI is InChI=1S/C14H23N3O2S/c1-11-8-13(10-15-9-11)12(2)16-14-4-6-17(7-5-14)20(3,18)19/h8-10,12,14,16H,4-7H2,1-3H3. The van der Waals surface area contributed by atoms with E-state index in [1.807, 2.05) is 19.3 Å². The van der Waals surface area contributed by atoms with Crippen LogP contribution in [0.5, 0.6) is 0 Å². The number of piperidine rings is 1. The van der Waals surface area contributed by atoms with Crippen molar-refractivity contribution in [2.45, 2.75) is 38.8 Å². The fourth-order valence-electron chi connectivity index (χ4n) is 2.62. The van der Waals surface area contributed by atoms with E-state index in [9.17, 15) is 8.42 Å². The first kappa shape index (κ1) is 15.4. The molecule has 1 aromatic rings. The minimum atomic E-state index is -3.04. The van der Waals surface area contributed by atoms with Crippen molar-refractivity contribution in [3.8, 4) is 0 Å². The molecule has 1 N–H and O–H groups in total. The summed E-state index contributed by atoms with van der Waals surface area (Å²) in [6.07, 6.45) is 6.73. The Labute approximate surface area is 121 Å². The molecular formula is C14H23N3O2S. The zero-order valence-electron chi connectivity index (χ0n) is 12.3. The number of sulfonamides is 1. The molecule has 1 aromatic heterocycles. The summed E-state index contributed by atoms with van der Waals surface area (Å²) in [5.41, 5.74) is 2.33. The third-order valence-electron chi connectivity index (χ3n) is 3.80. The Hall–Kier alpha value is -0.980. The second kappa shape index (κ2) is 6.20. The molecule has 0 aromatic carbocycles. The largest absolute Gasteiger partial charge is 0.307 e. The molecule has 5 nitrogen and oxygen atoms in total. The van der Waals surface area contributed by atoms with Crippen molar-refractivity contribution in [1.29, 1.82) is 0 Å². The van der Waals surface area contributed by atoms with E-state index in [-0.39, 0.29) is 6.04 Å². The molecule has 1 fully saturated rings. The molecule has 2 heterocycles. The predicted molar refractivity (Wildman–Crippen MR) is 80.0 cm³/mol. The van der Waals surface area contributed by atoms with Gasteiger partial charge in [0, 0.05) is 37.6 Å². The average molecular weight is 297 g/mol. The quantitative estimate of drug-likeness (QED) is 0.914. The molecule has 1 aliphatic rings. The van der Waals surface area contributed by atoms with Crippen LogP contribution in [0, 0.1) is 6.92 Å². The predicted octanol–water partition coefficient (Wildman–Crippen LogP) is 1.46. The minimum Gasteiger partial charge on any atom is -0.307 e.